The average molecular weight is 284 g/mol. The molecule has 0 N–H and O–H groups in total. The molecule has 1 fully saturated rings. The van der Waals surface area contributed by atoms with Gasteiger partial charge in [-0.25, -0.2) is 14.1 Å². The molecule has 2 atom stereocenters. The Hall–Kier alpha value is -2.37. The molecular formula is C15H13FN4O. The minimum Gasteiger partial charge on any atom is -0.299 e. The summed E-state index contributed by atoms with van der Waals surface area (Å²) in [4.78, 5) is 21.0. The van der Waals surface area contributed by atoms with Gasteiger partial charge in [-0.05, 0) is 30.5 Å². The zero-order chi connectivity index (χ0) is 14.4. The van der Waals surface area contributed by atoms with Crippen LogP contribution in [-0.2, 0) is 4.79 Å². The molecule has 2 aromatic rings. The molecule has 1 saturated carbocycles. The highest BCUT2D eigenvalue weighted by Crippen LogP contribution is 2.39. The molecule has 0 amide bonds. The number of aliphatic imine (C=N–C) groups is 1. The maximum Gasteiger partial charge on any atom is 0.248 e. The quantitative estimate of drug-likeness (QED) is 0.808. The normalized spacial score (nSPS) is 24.2. The summed E-state index contributed by atoms with van der Waals surface area (Å²) < 4.78 is 14.8. The van der Waals surface area contributed by atoms with Crippen LogP contribution in [0.15, 0.2) is 35.6 Å². The van der Waals surface area contributed by atoms with E-state index in [1.165, 1.54) is 18.5 Å². The van der Waals surface area contributed by atoms with E-state index >= 15 is 0 Å². The Bertz CT molecular complexity index is 734. The van der Waals surface area contributed by atoms with Crippen molar-refractivity contribution >= 4 is 17.4 Å². The first kappa shape index (κ1) is 12.4. The van der Waals surface area contributed by atoms with Crippen LogP contribution in [0.1, 0.15) is 30.9 Å². The number of carbonyl (C=O) groups excluding carboxylic acids is 1. The van der Waals surface area contributed by atoms with Gasteiger partial charge in [0, 0.05) is 12.1 Å². The Labute approximate surface area is 120 Å². The van der Waals surface area contributed by atoms with E-state index in [2.05, 4.69) is 15.1 Å². The van der Waals surface area contributed by atoms with E-state index in [1.54, 1.807) is 16.8 Å². The third kappa shape index (κ3) is 1.90. The van der Waals surface area contributed by atoms with Gasteiger partial charge < -0.3 is 0 Å². The van der Waals surface area contributed by atoms with Crippen molar-refractivity contribution in [1.29, 1.82) is 0 Å². The van der Waals surface area contributed by atoms with Crippen LogP contribution in [0.3, 0.4) is 0 Å². The molecule has 1 aliphatic carbocycles. The lowest BCUT2D eigenvalue weighted by Crippen LogP contribution is -2.39. The summed E-state index contributed by atoms with van der Waals surface area (Å²) in [7, 11) is 0. The molecule has 5 nitrogen and oxygen atoms in total. The molecule has 0 saturated heterocycles. The molecule has 2 aliphatic rings. The van der Waals surface area contributed by atoms with Crippen molar-refractivity contribution < 1.29 is 9.18 Å². The number of fused-ring (bicyclic) bond motifs is 2. The lowest BCUT2D eigenvalue weighted by Gasteiger charge is -2.34. The van der Waals surface area contributed by atoms with E-state index in [0.717, 1.165) is 24.1 Å². The van der Waals surface area contributed by atoms with Gasteiger partial charge >= 0.3 is 0 Å². The Morgan fingerprint density at radius 1 is 1.19 bits per heavy atom. The lowest BCUT2D eigenvalue weighted by molar-refractivity contribution is -0.122. The van der Waals surface area contributed by atoms with E-state index in [9.17, 15) is 9.18 Å². The minimum absolute atomic E-state index is 0.176. The topological polar surface area (TPSA) is 60.1 Å². The van der Waals surface area contributed by atoms with Crippen molar-refractivity contribution in [2.45, 2.75) is 25.3 Å². The van der Waals surface area contributed by atoms with Gasteiger partial charge in [-0.1, -0.05) is 12.1 Å². The van der Waals surface area contributed by atoms with Crippen LogP contribution >= 0.6 is 0 Å². The van der Waals surface area contributed by atoms with Crippen LogP contribution in [0.2, 0.25) is 0 Å². The molecule has 1 aromatic heterocycles. The van der Waals surface area contributed by atoms with Crippen molar-refractivity contribution in [2.24, 2.45) is 10.9 Å². The molecule has 0 spiro atoms. The molecule has 1 aliphatic heterocycles. The second kappa shape index (κ2) is 4.58. The summed E-state index contributed by atoms with van der Waals surface area (Å²) in [5.74, 6) is 0.0939. The van der Waals surface area contributed by atoms with Crippen molar-refractivity contribution in [1.82, 2.24) is 14.8 Å². The number of ketones is 1. The van der Waals surface area contributed by atoms with Crippen molar-refractivity contribution in [3.05, 3.63) is 42.0 Å². The van der Waals surface area contributed by atoms with Crippen molar-refractivity contribution in [3.8, 4) is 0 Å². The predicted molar refractivity (Wildman–Crippen MR) is 74.0 cm³/mol. The lowest BCUT2D eigenvalue weighted by atomic mass is 9.78. The third-order valence-electron chi connectivity index (χ3n) is 4.15. The Morgan fingerprint density at radius 2 is 2.00 bits per heavy atom. The number of aromatic nitrogens is 3. The van der Waals surface area contributed by atoms with E-state index in [0.29, 0.717) is 12.4 Å². The number of Topliss-reactive ketones (excluding diaryl/α,β-unsaturated/α-hetero) is 1. The molecule has 2 heterocycles. The zero-order valence-corrected chi connectivity index (χ0v) is 11.2. The smallest absolute Gasteiger partial charge is 0.248 e. The van der Waals surface area contributed by atoms with Gasteiger partial charge in [0.05, 0.1) is 12.0 Å². The first-order valence-electron chi connectivity index (χ1n) is 6.99. The van der Waals surface area contributed by atoms with Crippen LogP contribution in [0.25, 0.3) is 0 Å². The fraction of sp³-hybridized carbons (Fsp3) is 0.333. The van der Waals surface area contributed by atoms with Crippen LogP contribution in [-0.4, -0.2) is 26.3 Å². The molecule has 2 unspecified atom stereocenters. The van der Waals surface area contributed by atoms with Gasteiger partial charge in [-0.15, -0.1) is 0 Å². The number of halogens is 1. The highest BCUT2D eigenvalue weighted by Gasteiger charge is 2.41. The Balaban J connectivity index is 1.88. The second-order valence-corrected chi connectivity index (χ2v) is 5.40. The average Bonchev–Trinajstić information content (AvgIpc) is 2.94. The molecule has 4 rings (SSSR count). The van der Waals surface area contributed by atoms with E-state index in [-0.39, 0.29) is 23.6 Å². The molecule has 0 radical (unpaired) electrons. The van der Waals surface area contributed by atoms with Gasteiger partial charge in [-0.3, -0.25) is 4.79 Å². The zero-order valence-electron chi connectivity index (χ0n) is 11.2. The fourth-order valence-electron chi connectivity index (χ4n) is 3.21. The first-order valence-corrected chi connectivity index (χ1v) is 6.99. The molecule has 106 valence electrons. The summed E-state index contributed by atoms with van der Waals surface area (Å²) in [5.41, 5.74) is 1.73. The Kier molecular flexibility index (Phi) is 2.70. The van der Waals surface area contributed by atoms with Gasteiger partial charge in [-0.2, -0.15) is 10.1 Å². The molecular weight excluding hydrogens is 271 g/mol. The van der Waals surface area contributed by atoms with Gasteiger partial charge in [0.2, 0.25) is 5.95 Å². The second-order valence-electron chi connectivity index (χ2n) is 5.40. The number of carbonyl (C=O) groups is 1. The van der Waals surface area contributed by atoms with Gasteiger partial charge in [0.1, 0.15) is 17.9 Å². The summed E-state index contributed by atoms with van der Waals surface area (Å²) in [6, 6.07) is 5.95. The summed E-state index contributed by atoms with van der Waals surface area (Å²) in [6.45, 7) is 0. The van der Waals surface area contributed by atoms with Crippen LogP contribution in [0.5, 0.6) is 0 Å². The van der Waals surface area contributed by atoms with E-state index in [1.807, 2.05) is 0 Å². The van der Waals surface area contributed by atoms with Gasteiger partial charge in [0.25, 0.3) is 0 Å². The highest BCUT2D eigenvalue weighted by molar-refractivity contribution is 6.09. The predicted octanol–water partition coefficient (Wildman–Crippen LogP) is 2.46. The third-order valence-corrected chi connectivity index (χ3v) is 4.15. The summed E-state index contributed by atoms with van der Waals surface area (Å²) in [6.07, 6.45) is 3.64. The highest BCUT2D eigenvalue weighted by atomic mass is 19.1. The molecule has 21 heavy (non-hydrogen) atoms. The number of hydrogen-bond donors (Lipinski definition) is 0. The van der Waals surface area contributed by atoms with Crippen molar-refractivity contribution in [2.75, 3.05) is 0 Å². The SMILES string of the molecule is O=C1CCCC2=Nc3ncnn3C(c3ccc(F)cc3)C12. The van der Waals surface area contributed by atoms with E-state index in [4.69, 9.17) is 0 Å². The van der Waals surface area contributed by atoms with Crippen LogP contribution in [0.4, 0.5) is 10.3 Å². The maximum absolute atomic E-state index is 13.2. The number of nitrogens with zero attached hydrogens (tertiary/aromatic N) is 4. The fourth-order valence-corrected chi connectivity index (χ4v) is 3.21. The minimum atomic E-state index is -0.307. The maximum atomic E-state index is 13.2. The van der Waals surface area contributed by atoms with E-state index < -0.39 is 0 Å². The number of benzene rings is 1. The monoisotopic (exact) mass is 284 g/mol. The summed E-state index contributed by atoms with van der Waals surface area (Å²) >= 11 is 0. The Morgan fingerprint density at radius 3 is 2.81 bits per heavy atom. The molecule has 0 bridgehead atoms. The molecule has 1 aromatic carbocycles. The summed E-state index contributed by atoms with van der Waals surface area (Å²) in [5, 5.41) is 4.21. The van der Waals surface area contributed by atoms with Crippen LogP contribution < -0.4 is 0 Å². The van der Waals surface area contributed by atoms with Gasteiger partial charge in [0.15, 0.2) is 0 Å². The number of hydrogen-bond acceptors (Lipinski definition) is 4. The van der Waals surface area contributed by atoms with Crippen molar-refractivity contribution in [3.63, 3.8) is 0 Å². The number of rotatable bonds is 1. The first-order chi connectivity index (χ1) is 10.2. The molecule has 6 heteroatoms. The standard InChI is InChI=1S/C15H13FN4O/c16-10-6-4-9(5-7-10)14-13-11(2-1-3-12(13)21)19-15-17-8-18-20(14)15/h4-8,13-14H,1-3H2. The largest absolute Gasteiger partial charge is 0.299 e. The van der Waals surface area contributed by atoms with Crippen LogP contribution in [0, 0.1) is 11.7 Å².